The molecule has 0 radical (unpaired) electrons. The van der Waals surface area contributed by atoms with E-state index in [1.54, 1.807) is 20.8 Å². The minimum atomic E-state index is -0.548. The monoisotopic (exact) mass is 229 g/mol. The molecule has 1 amide bonds. The summed E-state index contributed by atoms with van der Waals surface area (Å²) in [7, 11) is 0. The van der Waals surface area contributed by atoms with Crippen LogP contribution in [0.1, 0.15) is 27.2 Å². The van der Waals surface area contributed by atoms with Crippen LogP contribution in [0.25, 0.3) is 0 Å². The largest absolute Gasteiger partial charge is 0.444 e. The summed E-state index contributed by atoms with van der Waals surface area (Å²) in [6.07, 6.45) is 0.0476. The average Bonchev–Trinajstić information content (AvgIpc) is 2.15. The first-order valence-electron chi connectivity index (χ1n) is 5.45. The number of ether oxygens (including phenoxy) is 1. The Morgan fingerprint density at radius 2 is 2.19 bits per heavy atom. The van der Waals surface area contributed by atoms with Crippen molar-refractivity contribution in [1.82, 2.24) is 4.90 Å². The van der Waals surface area contributed by atoms with Crippen LogP contribution in [0.3, 0.4) is 0 Å². The molecule has 0 aliphatic carbocycles. The van der Waals surface area contributed by atoms with Crippen LogP contribution >= 0.6 is 0 Å². The predicted molar refractivity (Wildman–Crippen MR) is 58.0 cm³/mol. The molecule has 1 rings (SSSR count). The Hall–Kier alpha value is -1.10. The zero-order valence-corrected chi connectivity index (χ0v) is 10.0. The molecule has 1 aliphatic rings. The van der Waals surface area contributed by atoms with E-state index in [0.29, 0.717) is 13.0 Å². The lowest BCUT2D eigenvalue weighted by atomic mass is 9.97. The smallest absolute Gasteiger partial charge is 0.410 e. The number of amides is 1. The van der Waals surface area contributed by atoms with Crippen molar-refractivity contribution in [2.45, 2.75) is 32.8 Å². The summed E-state index contributed by atoms with van der Waals surface area (Å²) in [6.45, 7) is 5.72. The second-order valence-corrected chi connectivity index (χ2v) is 5.04. The zero-order valence-electron chi connectivity index (χ0n) is 10.0. The molecular formula is C11H19NO4. The summed E-state index contributed by atoms with van der Waals surface area (Å²) < 4.78 is 5.17. The number of likely N-dealkylation sites (tertiary alicyclic amines) is 1. The summed E-state index contributed by atoms with van der Waals surface area (Å²) in [6, 6.07) is 0. The molecule has 0 spiro atoms. The van der Waals surface area contributed by atoms with E-state index in [1.807, 2.05) is 0 Å². The topological polar surface area (TPSA) is 66.8 Å². The molecule has 1 saturated heterocycles. The molecule has 0 bridgehead atoms. The third-order valence-electron chi connectivity index (χ3n) is 2.42. The number of nitrogens with zero attached hydrogens (tertiary/aromatic N) is 1. The van der Waals surface area contributed by atoms with Crippen LogP contribution in [0.2, 0.25) is 0 Å². The third kappa shape index (κ3) is 3.48. The van der Waals surface area contributed by atoms with Gasteiger partial charge in [0.1, 0.15) is 5.60 Å². The highest BCUT2D eigenvalue weighted by molar-refractivity contribution is 5.87. The maximum Gasteiger partial charge on any atom is 0.410 e. The minimum absolute atomic E-state index is 0.0418. The zero-order chi connectivity index (χ0) is 12.3. The number of aliphatic hydroxyl groups excluding tert-OH is 1. The number of Topliss-reactive ketones (excluding diaryl/α,β-unsaturated/α-hetero) is 1. The fourth-order valence-corrected chi connectivity index (χ4v) is 1.54. The van der Waals surface area contributed by atoms with E-state index < -0.39 is 11.7 Å². The molecule has 5 heteroatoms. The summed E-state index contributed by atoms with van der Waals surface area (Å²) >= 11 is 0. The highest BCUT2D eigenvalue weighted by atomic mass is 16.6. The lowest BCUT2D eigenvalue weighted by Gasteiger charge is -2.31. The van der Waals surface area contributed by atoms with Crippen LogP contribution in [0.4, 0.5) is 4.79 Å². The number of carbonyl (C=O) groups excluding carboxylic acids is 2. The maximum absolute atomic E-state index is 11.6. The summed E-state index contributed by atoms with van der Waals surface area (Å²) in [5, 5.41) is 8.92. The number of ketones is 1. The van der Waals surface area contributed by atoms with Gasteiger partial charge in [0.05, 0.1) is 13.2 Å². The van der Waals surface area contributed by atoms with E-state index in [9.17, 15) is 9.59 Å². The van der Waals surface area contributed by atoms with E-state index in [2.05, 4.69) is 0 Å². The third-order valence-corrected chi connectivity index (χ3v) is 2.42. The Labute approximate surface area is 95.4 Å². The molecule has 1 fully saturated rings. The molecule has 1 N–H and O–H groups in total. The molecule has 0 aromatic rings. The Bertz CT molecular complexity index is 282. The van der Waals surface area contributed by atoms with Gasteiger partial charge in [0.15, 0.2) is 5.78 Å². The van der Waals surface area contributed by atoms with Gasteiger partial charge in [0.2, 0.25) is 0 Å². The van der Waals surface area contributed by atoms with E-state index in [4.69, 9.17) is 9.84 Å². The summed E-state index contributed by atoms with van der Waals surface area (Å²) in [4.78, 5) is 24.5. The van der Waals surface area contributed by atoms with Crippen LogP contribution in [-0.4, -0.2) is 47.2 Å². The normalized spacial score (nSPS) is 22.1. The van der Waals surface area contributed by atoms with Crippen LogP contribution in [-0.2, 0) is 9.53 Å². The molecule has 0 aromatic carbocycles. The van der Waals surface area contributed by atoms with Gasteiger partial charge in [-0.15, -0.1) is 0 Å². The van der Waals surface area contributed by atoms with Crippen molar-refractivity contribution in [2.24, 2.45) is 5.92 Å². The number of aliphatic hydroxyl groups is 1. The van der Waals surface area contributed by atoms with Gasteiger partial charge in [0, 0.05) is 12.5 Å². The lowest BCUT2D eigenvalue weighted by Crippen LogP contribution is -2.46. The van der Waals surface area contributed by atoms with E-state index in [1.165, 1.54) is 4.90 Å². The molecule has 1 heterocycles. The fraction of sp³-hybridized carbons (Fsp3) is 0.818. The van der Waals surface area contributed by atoms with Gasteiger partial charge in [-0.3, -0.25) is 4.79 Å². The fourth-order valence-electron chi connectivity index (χ4n) is 1.54. The number of rotatable bonds is 1. The van der Waals surface area contributed by atoms with Crippen molar-refractivity contribution in [3.63, 3.8) is 0 Å². The Balaban J connectivity index is 2.52. The second kappa shape index (κ2) is 4.82. The van der Waals surface area contributed by atoms with Gasteiger partial charge in [-0.25, -0.2) is 4.79 Å². The predicted octanol–water partition coefficient (Wildman–Crippen LogP) is 0.805. The van der Waals surface area contributed by atoms with Crippen molar-refractivity contribution < 1.29 is 19.4 Å². The molecule has 0 aromatic heterocycles. The van der Waals surface area contributed by atoms with Crippen molar-refractivity contribution in [1.29, 1.82) is 0 Å². The highest BCUT2D eigenvalue weighted by Gasteiger charge is 2.31. The second-order valence-electron chi connectivity index (χ2n) is 5.04. The van der Waals surface area contributed by atoms with E-state index in [-0.39, 0.29) is 24.9 Å². The van der Waals surface area contributed by atoms with Gasteiger partial charge < -0.3 is 14.7 Å². The first kappa shape index (κ1) is 13.0. The molecule has 1 aliphatic heterocycles. The van der Waals surface area contributed by atoms with Gasteiger partial charge in [0.25, 0.3) is 0 Å². The first-order valence-corrected chi connectivity index (χ1v) is 5.45. The number of piperidine rings is 1. The molecule has 92 valence electrons. The van der Waals surface area contributed by atoms with Gasteiger partial charge in [-0.1, -0.05) is 0 Å². The van der Waals surface area contributed by atoms with Crippen LogP contribution in [0, 0.1) is 5.92 Å². The molecule has 16 heavy (non-hydrogen) atoms. The maximum atomic E-state index is 11.6. The van der Waals surface area contributed by atoms with Gasteiger partial charge in [-0.2, -0.15) is 0 Å². The quantitative estimate of drug-likeness (QED) is 0.722. The summed E-state index contributed by atoms with van der Waals surface area (Å²) in [5.41, 5.74) is -0.548. The van der Waals surface area contributed by atoms with Crippen molar-refractivity contribution in [3.05, 3.63) is 0 Å². The van der Waals surface area contributed by atoms with Gasteiger partial charge >= 0.3 is 6.09 Å². The number of hydrogen-bond donors (Lipinski definition) is 1. The molecule has 1 unspecified atom stereocenters. The molecule has 0 saturated carbocycles. The highest BCUT2D eigenvalue weighted by Crippen LogP contribution is 2.16. The molecular weight excluding hydrogens is 210 g/mol. The first-order chi connectivity index (χ1) is 7.33. The summed E-state index contributed by atoms with van der Waals surface area (Å²) in [5.74, 6) is -0.418. The van der Waals surface area contributed by atoms with Crippen LogP contribution in [0.5, 0.6) is 0 Å². The Kier molecular flexibility index (Phi) is 3.91. The molecule has 5 nitrogen and oxygen atoms in total. The Morgan fingerprint density at radius 1 is 1.56 bits per heavy atom. The van der Waals surface area contributed by atoms with Crippen LogP contribution < -0.4 is 0 Å². The van der Waals surface area contributed by atoms with Crippen LogP contribution in [0.15, 0.2) is 0 Å². The molecule has 1 atom stereocenters. The van der Waals surface area contributed by atoms with Gasteiger partial charge in [-0.05, 0) is 27.2 Å². The van der Waals surface area contributed by atoms with Crippen molar-refractivity contribution in [2.75, 3.05) is 19.7 Å². The number of carbonyl (C=O) groups is 2. The SMILES string of the molecule is CC(C)(C)OC(=O)N1CCC(CO)C(=O)C1. The van der Waals surface area contributed by atoms with E-state index in [0.717, 1.165) is 0 Å². The van der Waals surface area contributed by atoms with Crippen molar-refractivity contribution in [3.8, 4) is 0 Å². The lowest BCUT2D eigenvalue weighted by molar-refractivity contribution is -0.128. The van der Waals surface area contributed by atoms with Crippen molar-refractivity contribution >= 4 is 11.9 Å². The number of hydrogen-bond acceptors (Lipinski definition) is 4. The standard InChI is InChI=1S/C11H19NO4/c1-11(2,3)16-10(15)12-5-4-8(7-13)9(14)6-12/h8,13H,4-7H2,1-3H3. The van der Waals surface area contributed by atoms with E-state index >= 15 is 0 Å². The Morgan fingerprint density at radius 3 is 2.62 bits per heavy atom. The average molecular weight is 229 g/mol. The minimum Gasteiger partial charge on any atom is -0.444 e.